The van der Waals surface area contributed by atoms with Crippen LogP contribution >= 0.6 is 0 Å². The molecular formula is C11H19N3. The van der Waals surface area contributed by atoms with Gasteiger partial charge in [-0.15, -0.1) is 10.2 Å². The third-order valence-corrected chi connectivity index (χ3v) is 3.45. The Hall–Kier alpha value is -0.860. The van der Waals surface area contributed by atoms with Gasteiger partial charge in [0.05, 0.1) is 0 Å². The molecule has 0 atom stereocenters. The second-order valence-corrected chi connectivity index (χ2v) is 4.56. The first-order chi connectivity index (χ1) is 6.76. The highest BCUT2D eigenvalue weighted by molar-refractivity contribution is 5.07. The molecule has 0 radical (unpaired) electrons. The number of aromatic nitrogens is 3. The van der Waals surface area contributed by atoms with Crippen molar-refractivity contribution in [2.45, 2.75) is 57.9 Å². The molecule has 78 valence electrons. The fourth-order valence-electron chi connectivity index (χ4n) is 2.51. The van der Waals surface area contributed by atoms with Crippen LogP contribution in [0.5, 0.6) is 0 Å². The van der Waals surface area contributed by atoms with E-state index in [1.165, 1.54) is 37.9 Å². The van der Waals surface area contributed by atoms with Crippen molar-refractivity contribution in [1.82, 2.24) is 14.8 Å². The van der Waals surface area contributed by atoms with Crippen LogP contribution in [0.15, 0.2) is 6.33 Å². The molecule has 0 unspecified atom stereocenters. The van der Waals surface area contributed by atoms with Crippen LogP contribution in [0.3, 0.4) is 0 Å². The fraction of sp³-hybridized carbons (Fsp3) is 0.818. The van der Waals surface area contributed by atoms with Crippen LogP contribution in [-0.4, -0.2) is 14.8 Å². The maximum atomic E-state index is 4.30. The third-order valence-electron chi connectivity index (χ3n) is 3.45. The molecule has 2 rings (SSSR count). The zero-order valence-corrected chi connectivity index (χ0v) is 9.16. The molecule has 0 aromatic carbocycles. The standard InChI is InChI=1S/C11H19N3/c1-3-14-9-12-13-10(14)11(2)7-5-4-6-8-11/h9H,3-8H2,1-2H3. The van der Waals surface area contributed by atoms with Crippen LogP contribution in [0.2, 0.25) is 0 Å². The number of hydrogen-bond acceptors (Lipinski definition) is 2. The van der Waals surface area contributed by atoms with Gasteiger partial charge in [-0.1, -0.05) is 26.2 Å². The zero-order valence-electron chi connectivity index (χ0n) is 9.16. The molecule has 1 aliphatic carbocycles. The molecule has 0 N–H and O–H groups in total. The van der Waals surface area contributed by atoms with Crippen molar-refractivity contribution >= 4 is 0 Å². The molecule has 3 nitrogen and oxygen atoms in total. The van der Waals surface area contributed by atoms with Crippen LogP contribution in [0.4, 0.5) is 0 Å². The van der Waals surface area contributed by atoms with E-state index in [0.29, 0.717) is 0 Å². The lowest BCUT2D eigenvalue weighted by Crippen LogP contribution is -2.29. The lowest BCUT2D eigenvalue weighted by Gasteiger charge is -2.32. The molecular weight excluding hydrogens is 174 g/mol. The first kappa shape index (κ1) is 9.69. The van der Waals surface area contributed by atoms with Gasteiger partial charge in [0.25, 0.3) is 0 Å². The number of hydrogen-bond donors (Lipinski definition) is 0. The number of rotatable bonds is 2. The van der Waals surface area contributed by atoms with Crippen LogP contribution in [0.1, 0.15) is 51.8 Å². The van der Waals surface area contributed by atoms with E-state index in [1.54, 1.807) is 0 Å². The van der Waals surface area contributed by atoms with Gasteiger partial charge in [-0.05, 0) is 19.8 Å². The van der Waals surface area contributed by atoms with Gasteiger partial charge in [0.1, 0.15) is 12.2 Å². The molecule has 0 saturated heterocycles. The van der Waals surface area contributed by atoms with Gasteiger partial charge in [-0.2, -0.15) is 0 Å². The van der Waals surface area contributed by atoms with E-state index in [2.05, 4.69) is 28.6 Å². The molecule has 1 aromatic rings. The summed E-state index contributed by atoms with van der Waals surface area (Å²) in [7, 11) is 0. The Kier molecular flexibility index (Phi) is 2.57. The lowest BCUT2D eigenvalue weighted by molar-refractivity contribution is 0.294. The maximum absolute atomic E-state index is 4.30. The monoisotopic (exact) mass is 193 g/mol. The minimum absolute atomic E-state index is 0.282. The number of nitrogens with zero attached hydrogens (tertiary/aromatic N) is 3. The first-order valence-electron chi connectivity index (χ1n) is 5.64. The third kappa shape index (κ3) is 1.56. The largest absolute Gasteiger partial charge is 0.317 e. The first-order valence-corrected chi connectivity index (χ1v) is 5.64. The summed E-state index contributed by atoms with van der Waals surface area (Å²) in [6.45, 7) is 5.47. The van der Waals surface area contributed by atoms with Crippen molar-refractivity contribution in [3.05, 3.63) is 12.2 Å². The Labute approximate surface area is 85.5 Å². The second kappa shape index (κ2) is 3.71. The smallest absolute Gasteiger partial charge is 0.138 e. The van der Waals surface area contributed by atoms with Gasteiger partial charge >= 0.3 is 0 Å². The minimum Gasteiger partial charge on any atom is -0.317 e. The van der Waals surface area contributed by atoms with Crippen molar-refractivity contribution in [1.29, 1.82) is 0 Å². The van der Waals surface area contributed by atoms with Crippen molar-refractivity contribution < 1.29 is 0 Å². The summed E-state index contributed by atoms with van der Waals surface area (Å²) >= 11 is 0. The Bertz CT molecular complexity index is 297. The fourth-order valence-corrected chi connectivity index (χ4v) is 2.51. The topological polar surface area (TPSA) is 30.7 Å². The highest BCUT2D eigenvalue weighted by Gasteiger charge is 2.32. The molecule has 14 heavy (non-hydrogen) atoms. The van der Waals surface area contributed by atoms with Gasteiger partial charge in [-0.25, -0.2) is 0 Å². The Morgan fingerprint density at radius 2 is 2.07 bits per heavy atom. The normalized spacial score (nSPS) is 21.0. The van der Waals surface area contributed by atoms with Gasteiger partial charge in [0.15, 0.2) is 0 Å². The molecule has 0 spiro atoms. The van der Waals surface area contributed by atoms with Crippen molar-refractivity contribution in [3.63, 3.8) is 0 Å². The highest BCUT2D eigenvalue weighted by atomic mass is 15.3. The van der Waals surface area contributed by atoms with Gasteiger partial charge in [0, 0.05) is 12.0 Å². The molecule has 1 fully saturated rings. The van der Waals surface area contributed by atoms with E-state index in [0.717, 1.165) is 6.54 Å². The molecule has 0 bridgehead atoms. The zero-order chi connectivity index (χ0) is 10.0. The average Bonchev–Trinajstić information content (AvgIpc) is 2.67. The Morgan fingerprint density at radius 1 is 1.36 bits per heavy atom. The van der Waals surface area contributed by atoms with E-state index in [4.69, 9.17) is 0 Å². The molecule has 1 aromatic heterocycles. The molecule has 0 aliphatic heterocycles. The summed E-state index contributed by atoms with van der Waals surface area (Å²) in [5.74, 6) is 1.19. The molecule has 1 saturated carbocycles. The van der Waals surface area contributed by atoms with E-state index in [-0.39, 0.29) is 5.41 Å². The predicted molar refractivity (Wildman–Crippen MR) is 56.1 cm³/mol. The Morgan fingerprint density at radius 3 is 2.71 bits per heavy atom. The molecule has 1 aliphatic rings. The van der Waals surface area contributed by atoms with Crippen LogP contribution in [0, 0.1) is 0 Å². The number of aryl methyl sites for hydroxylation is 1. The predicted octanol–water partition coefficient (Wildman–Crippen LogP) is 2.52. The second-order valence-electron chi connectivity index (χ2n) is 4.56. The van der Waals surface area contributed by atoms with E-state index < -0.39 is 0 Å². The summed E-state index contributed by atoms with van der Waals surface area (Å²) < 4.78 is 2.19. The highest BCUT2D eigenvalue weighted by Crippen LogP contribution is 2.37. The SMILES string of the molecule is CCn1cnnc1C1(C)CCCCC1. The summed E-state index contributed by atoms with van der Waals surface area (Å²) in [5, 5.41) is 8.32. The van der Waals surface area contributed by atoms with Crippen molar-refractivity contribution in [3.8, 4) is 0 Å². The summed E-state index contributed by atoms with van der Waals surface area (Å²) in [5.41, 5.74) is 0.282. The van der Waals surface area contributed by atoms with Crippen LogP contribution in [-0.2, 0) is 12.0 Å². The van der Waals surface area contributed by atoms with Gasteiger partial charge < -0.3 is 4.57 Å². The van der Waals surface area contributed by atoms with E-state index in [9.17, 15) is 0 Å². The average molecular weight is 193 g/mol. The lowest BCUT2D eigenvalue weighted by atomic mass is 9.75. The van der Waals surface area contributed by atoms with Crippen LogP contribution < -0.4 is 0 Å². The quantitative estimate of drug-likeness (QED) is 0.722. The summed E-state index contributed by atoms with van der Waals surface area (Å²) in [4.78, 5) is 0. The summed E-state index contributed by atoms with van der Waals surface area (Å²) in [6.07, 6.45) is 8.46. The Balaban J connectivity index is 2.27. The van der Waals surface area contributed by atoms with E-state index >= 15 is 0 Å². The van der Waals surface area contributed by atoms with Crippen LogP contribution in [0.25, 0.3) is 0 Å². The summed E-state index contributed by atoms with van der Waals surface area (Å²) in [6, 6.07) is 0. The molecule has 0 amide bonds. The van der Waals surface area contributed by atoms with Crippen molar-refractivity contribution in [2.24, 2.45) is 0 Å². The molecule has 3 heteroatoms. The molecule has 1 heterocycles. The van der Waals surface area contributed by atoms with Gasteiger partial charge in [0.2, 0.25) is 0 Å². The van der Waals surface area contributed by atoms with E-state index in [1.807, 2.05) is 6.33 Å². The minimum atomic E-state index is 0.282. The van der Waals surface area contributed by atoms with Gasteiger partial charge in [-0.3, -0.25) is 0 Å². The maximum Gasteiger partial charge on any atom is 0.138 e. The van der Waals surface area contributed by atoms with Crippen molar-refractivity contribution in [2.75, 3.05) is 0 Å².